The minimum Gasteiger partial charge on any atom is -0.388 e. The largest absolute Gasteiger partial charge is 0.388 e. The topological polar surface area (TPSA) is 23.5 Å². The highest BCUT2D eigenvalue weighted by Gasteiger charge is 2.22. The van der Waals surface area contributed by atoms with Gasteiger partial charge in [0.2, 0.25) is 0 Å². The molecule has 0 amide bonds. The maximum atomic E-state index is 10.0. The van der Waals surface area contributed by atoms with Gasteiger partial charge in [-0.2, -0.15) is 0 Å². The van der Waals surface area contributed by atoms with Crippen LogP contribution >= 0.6 is 0 Å². The van der Waals surface area contributed by atoms with Crippen LogP contribution in [0.15, 0.2) is 30.3 Å². The second kappa shape index (κ2) is 5.46. The zero-order valence-electron chi connectivity index (χ0n) is 9.97. The summed E-state index contributed by atoms with van der Waals surface area (Å²) in [4.78, 5) is 2.38. The van der Waals surface area contributed by atoms with Gasteiger partial charge in [0, 0.05) is 12.6 Å². The molecule has 16 heavy (non-hydrogen) atoms. The third kappa shape index (κ3) is 2.83. The SMILES string of the molecule is CN(CCC(O)c1ccccc1)C1CCC1. The second-order valence-corrected chi connectivity index (χ2v) is 4.78. The third-order valence-electron chi connectivity index (χ3n) is 3.64. The summed E-state index contributed by atoms with van der Waals surface area (Å²) in [5, 5.41) is 10.0. The Kier molecular flexibility index (Phi) is 3.97. The van der Waals surface area contributed by atoms with Gasteiger partial charge < -0.3 is 10.0 Å². The van der Waals surface area contributed by atoms with Crippen molar-refractivity contribution in [3.63, 3.8) is 0 Å². The van der Waals surface area contributed by atoms with E-state index in [-0.39, 0.29) is 6.10 Å². The van der Waals surface area contributed by atoms with Crippen LogP contribution in [0.25, 0.3) is 0 Å². The molecule has 0 spiro atoms. The fourth-order valence-electron chi connectivity index (χ4n) is 2.18. The molecule has 1 unspecified atom stereocenters. The molecule has 1 fully saturated rings. The Labute approximate surface area is 97.9 Å². The van der Waals surface area contributed by atoms with Gasteiger partial charge in [-0.15, -0.1) is 0 Å². The van der Waals surface area contributed by atoms with Crippen LogP contribution in [0.4, 0.5) is 0 Å². The monoisotopic (exact) mass is 219 g/mol. The molecule has 1 aromatic rings. The maximum Gasteiger partial charge on any atom is 0.0802 e. The molecular formula is C14H21NO. The molecule has 2 heteroatoms. The summed E-state index contributed by atoms with van der Waals surface area (Å²) in [7, 11) is 2.17. The van der Waals surface area contributed by atoms with E-state index in [2.05, 4.69) is 11.9 Å². The van der Waals surface area contributed by atoms with Crippen molar-refractivity contribution < 1.29 is 5.11 Å². The fourth-order valence-corrected chi connectivity index (χ4v) is 2.18. The third-order valence-corrected chi connectivity index (χ3v) is 3.64. The Balaban J connectivity index is 1.77. The molecule has 1 aromatic carbocycles. The van der Waals surface area contributed by atoms with E-state index < -0.39 is 0 Å². The summed E-state index contributed by atoms with van der Waals surface area (Å²) >= 11 is 0. The molecule has 0 aliphatic heterocycles. The first-order valence-electron chi connectivity index (χ1n) is 6.20. The lowest BCUT2D eigenvalue weighted by atomic mass is 9.91. The van der Waals surface area contributed by atoms with E-state index in [1.165, 1.54) is 19.3 Å². The Hall–Kier alpha value is -0.860. The molecule has 1 atom stereocenters. The van der Waals surface area contributed by atoms with Crippen molar-refractivity contribution in [1.82, 2.24) is 4.90 Å². The van der Waals surface area contributed by atoms with Crippen LogP contribution in [0.1, 0.15) is 37.4 Å². The van der Waals surface area contributed by atoms with Crippen LogP contribution in [-0.4, -0.2) is 29.6 Å². The van der Waals surface area contributed by atoms with Crippen molar-refractivity contribution in [1.29, 1.82) is 0 Å². The summed E-state index contributed by atoms with van der Waals surface area (Å²) in [6.45, 7) is 0.987. The average molecular weight is 219 g/mol. The van der Waals surface area contributed by atoms with Crippen molar-refractivity contribution in [2.24, 2.45) is 0 Å². The minimum atomic E-state index is -0.316. The zero-order chi connectivity index (χ0) is 11.4. The molecule has 0 radical (unpaired) electrons. The fraction of sp³-hybridized carbons (Fsp3) is 0.571. The van der Waals surface area contributed by atoms with Crippen LogP contribution in [0, 0.1) is 0 Å². The van der Waals surface area contributed by atoms with Crippen molar-refractivity contribution in [3.05, 3.63) is 35.9 Å². The van der Waals surface area contributed by atoms with Crippen LogP contribution in [-0.2, 0) is 0 Å². The van der Waals surface area contributed by atoms with Crippen LogP contribution in [0.5, 0.6) is 0 Å². The van der Waals surface area contributed by atoms with Gasteiger partial charge in [0.05, 0.1) is 6.10 Å². The quantitative estimate of drug-likeness (QED) is 0.823. The normalized spacial score (nSPS) is 18.4. The summed E-state index contributed by atoms with van der Waals surface area (Å²) in [5.41, 5.74) is 1.03. The van der Waals surface area contributed by atoms with E-state index >= 15 is 0 Å². The van der Waals surface area contributed by atoms with Crippen molar-refractivity contribution in [2.45, 2.75) is 37.8 Å². The first kappa shape index (κ1) is 11.6. The van der Waals surface area contributed by atoms with E-state index in [0.717, 1.165) is 24.6 Å². The Morgan fingerprint density at radius 2 is 2.00 bits per heavy atom. The Morgan fingerprint density at radius 1 is 1.31 bits per heavy atom. The standard InChI is InChI=1S/C14H21NO/c1-15(13-8-5-9-13)11-10-14(16)12-6-3-2-4-7-12/h2-4,6-7,13-14,16H,5,8-11H2,1H3. The molecule has 2 nitrogen and oxygen atoms in total. The Morgan fingerprint density at radius 3 is 2.56 bits per heavy atom. The molecule has 1 aliphatic carbocycles. The predicted molar refractivity (Wildman–Crippen MR) is 66.3 cm³/mol. The van der Waals surface area contributed by atoms with Crippen LogP contribution in [0.2, 0.25) is 0 Å². The first-order chi connectivity index (χ1) is 7.77. The number of aliphatic hydroxyl groups is 1. The summed E-state index contributed by atoms with van der Waals surface area (Å²) < 4.78 is 0. The number of aliphatic hydroxyl groups excluding tert-OH is 1. The predicted octanol–water partition coefficient (Wildman–Crippen LogP) is 2.59. The smallest absolute Gasteiger partial charge is 0.0802 e. The van der Waals surface area contributed by atoms with Gasteiger partial charge >= 0.3 is 0 Å². The molecule has 2 rings (SSSR count). The molecule has 1 aliphatic rings. The van der Waals surface area contributed by atoms with E-state index in [9.17, 15) is 5.11 Å². The van der Waals surface area contributed by atoms with Gasteiger partial charge in [0.15, 0.2) is 0 Å². The average Bonchev–Trinajstić information content (AvgIpc) is 2.25. The maximum absolute atomic E-state index is 10.0. The summed E-state index contributed by atoms with van der Waals surface area (Å²) in [6, 6.07) is 10.7. The number of hydrogen-bond acceptors (Lipinski definition) is 2. The first-order valence-corrected chi connectivity index (χ1v) is 6.20. The Bertz CT molecular complexity index is 308. The number of hydrogen-bond donors (Lipinski definition) is 1. The van der Waals surface area contributed by atoms with E-state index in [0.29, 0.717) is 0 Å². The molecule has 1 saturated carbocycles. The highest BCUT2D eigenvalue weighted by molar-refractivity contribution is 5.17. The van der Waals surface area contributed by atoms with Gasteiger partial charge in [0.25, 0.3) is 0 Å². The zero-order valence-corrected chi connectivity index (χ0v) is 9.97. The highest BCUT2D eigenvalue weighted by Crippen LogP contribution is 2.24. The molecule has 88 valence electrons. The summed E-state index contributed by atoms with van der Waals surface area (Å²) in [6.07, 6.45) is 4.55. The number of benzene rings is 1. The van der Waals surface area contributed by atoms with Crippen LogP contribution < -0.4 is 0 Å². The van der Waals surface area contributed by atoms with Crippen molar-refractivity contribution >= 4 is 0 Å². The lowest BCUT2D eigenvalue weighted by molar-refractivity contribution is 0.112. The van der Waals surface area contributed by atoms with Gasteiger partial charge in [-0.1, -0.05) is 36.8 Å². The number of rotatable bonds is 5. The lowest BCUT2D eigenvalue weighted by Gasteiger charge is -2.35. The lowest BCUT2D eigenvalue weighted by Crippen LogP contribution is -2.38. The van der Waals surface area contributed by atoms with Crippen molar-refractivity contribution in [2.75, 3.05) is 13.6 Å². The van der Waals surface area contributed by atoms with Gasteiger partial charge in [-0.3, -0.25) is 0 Å². The highest BCUT2D eigenvalue weighted by atomic mass is 16.3. The number of nitrogens with zero attached hydrogens (tertiary/aromatic N) is 1. The molecule has 0 aromatic heterocycles. The minimum absolute atomic E-state index is 0.316. The van der Waals surface area contributed by atoms with Crippen LogP contribution in [0.3, 0.4) is 0 Å². The molecule has 0 bridgehead atoms. The summed E-state index contributed by atoms with van der Waals surface area (Å²) in [5.74, 6) is 0. The van der Waals surface area contributed by atoms with Gasteiger partial charge in [-0.05, 0) is 31.9 Å². The van der Waals surface area contributed by atoms with E-state index in [4.69, 9.17) is 0 Å². The molecular weight excluding hydrogens is 198 g/mol. The van der Waals surface area contributed by atoms with Gasteiger partial charge in [-0.25, -0.2) is 0 Å². The van der Waals surface area contributed by atoms with E-state index in [1.54, 1.807) is 0 Å². The van der Waals surface area contributed by atoms with E-state index in [1.807, 2.05) is 30.3 Å². The van der Waals surface area contributed by atoms with Crippen molar-refractivity contribution in [3.8, 4) is 0 Å². The molecule has 1 N–H and O–H groups in total. The molecule has 0 saturated heterocycles. The van der Waals surface area contributed by atoms with Gasteiger partial charge in [0.1, 0.15) is 0 Å². The molecule has 0 heterocycles. The second-order valence-electron chi connectivity index (χ2n) is 4.78.